The fourth-order valence-electron chi connectivity index (χ4n) is 2.85. The van der Waals surface area contributed by atoms with Gasteiger partial charge in [0.2, 0.25) is 0 Å². The van der Waals surface area contributed by atoms with Crippen molar-refractivity contribution < 1.29 is 0 Å². The number of hydrogen-bond acceptors (Lipinski definition) is 1. The molecule has 90 valence electrons. The maximum atomic E-state index is 3.80. The van der Waals surface area contributed by atoms with E-state index in [-0.39, 0.29) is 0 Å². The van der Waals surface area contributed by atoms with E-state index in [1.54, 1.807) is 0 Å². The molecule has 0 saturated heterocycles. The molecule has 0 aromatic heterocycles. The van der Waals surface area contributed by atoms with Gasteiger partial charge in [-0.05, 0) is 37.5 Å². The van der Waals surface area contributed by atoms with Crippen molar-refractivity contribution in [1.29, 1.82) is 0 Å². The van der Waals surface area contributed by atoms with Gasteiger partial charge in [0.1, 0.15) is 0 Å². The SMILES string of the molecule is CCC(CC)C(C)NC1CC(C(C)C)C1. The Kier molecular flexibility index (Phi) is 5.11. The van der Waals surface area contributed by atoms with Gasteiger partial charge in [0.15, 0.2) is 0 Å². The maximum absolute atomic E-state index is 3.80. The minimum Gasteiger partial charge on any atom is -0.311 e. The van der Waals surface area contributed by atoms with Crippen LogP contribution in [-0.2, 0) is 0 Å². The summed E-state index contributed by atoms with van der Waals surface area (Å²) >= 11 is 0. The molecule has 1 atom stereocenters. The summed E-state index contributed by atoms with van der Waals surface area (Å²) in [5.41, 5.74) is 0. The second kappa shape index (κ2) is 5.89. The summed E-state index contributed by atoms with van der Waals surface area (Å²) in [6.45, 7) is 11.7. The zero-order chi connectivity index (χ0) is 11.4. The summed E-state index contributed by atoms with van der Waals surface area (Å²) in [6.07, 6.45) is 5.43. The third-order valence-corrected chi connectivity index (χ3v) is 4.37. The van der Waals surface area contributed by atoms with Gasteiger partial charge in [-0.25, -0.2) is 0 Å². The van der Waals surface area contributed by atoms with Crippen molar-refractivity contribution in [1.82, 2.24) is 5.32 Å². The summed E-state index contributed by atoms with van der Waals surface area (Å²) in [5, 5.41) is 3.80. The van der Waals surface area contributed by atoms with E-state index in [9.17, 15) is 0 Å². The van der Waals surface area contributed by atoms with Crippen LogP contribution < -0.4 is 5.32 Å². The fourth-order valence-corrected chi connectivity index (χ4v) is 2.85. The molecule has 0 aromatic rings. The van der Waals surface area contributed by atoms with E-state index in [4.69, 9.17) is 0 Å². The van der Waals surface area contributed by atoms with E-state index in [0.717, 1.165) is 23.8 Å². The Morgan fingerprint density at radius 1 is 1.07 bits per heavy atom. The molecule has 0 radical (unpaired) electrons. The molecule has 1 saturated carbocycles. The first-order valence-corrected chi connectivity index (χ1v) is 6.84. The molecule has 1 fully saturated rings. The van der Waals surface area contributed by atoms with Crippen LogP contribution in [0.5, 0.6) is 0 Å². The predicted octanol–water partition coefficient (Wildman–Crippen LogP) is 3.84. The predicted molar refractivity (Wildman–Crippen MR) is 68.0 cm³/mol. The lowest BCUT2D eigenvalue weighted by molar-refractivity contribution is 0.146. The molecule has 1 heteroatoms. The van der Waals surface area contributed by atoms with Crippen molar-refractivity contribution in [2.75, 3.05) is 0 Å². The number of rotatable bonds is 6. The average molecular weight is 211 g/mol. The zero-order valence-electron chi connectivity index (χ0n) is 11.2. The first-order valence-electron chi connectivity index (χ1n) is 6.84. The molecule has 1 N–H and O–H groups in total. The van der Waals surface area contributed by atoms with Crippen LogP contribution >= 0.6 is 0 Å². The number of hydrogen-bond donors (Lipinski definition) is 1. The van der Waals surface area contributed by atoms with Crippen LogP contribution in [0.2, 0.25) is 0 Å². The average Bonchev–Trinajstić information content (AvgIpc) is 2.12. The third kappa shape index (κ3) is 3.48. The van der Waals surface area contributed by atoms with E-state index in [1.807, 2.05) is 0 Å². The van der Waals surface area contributed by atoms with Crippen LogP contribution in [0.1, 0.15) is 60.3 Å². The summed E-state index contributed by atoms with van der Waals surface area (Å²) < 4.78 is 0. The third-order valence-electron chi connectivity index (χ3n) is 4.37. The lowest BCUT2D eigenvalue weighted by atomic mass is 9.73. The molecule has 0 heterocycles. The summed E-state index contributed by atoms with van der Waals surface area (Å²) in [4.78, 5) is 0. The van der Waals surface area contributed by atoms with Crippen LogP contribution in [0.4, 0.5) is 0 Å². The van der Waals surface area contributed by atoms with Gasteiger partial charge in [-0.1, -0.05) is 40.5 Å². The van der Waals surface area contributed by atoms with Crippen LogP contribution in [0.3, 0.4) is 0 Å². The largest absolute Gasteiger partial charge is 0.311 e. The Bertz CT molecular complexity index is 166. The second-order valence-corrected chi connectivity index (χ2v) is 5.70. The standard InChI is InChI=1S/C14H29N/c1-6-12(7-2)11(5)15-14-8-13(9-14)10(3)4/h10-15H,6-9H2,1-5H3. The van der Waals surface area contributed by atoms with Crippen molar-refractivity contribution >= 4 is 0 Å². The highest BCUT2D eigenvalue weighted by atomic mass is 15.0. The van der Waals surface area contributed by atoms with Gasteiger partial charge in [0.25, 0.3) is 0 Å². The molecule has 0 aromatic carbocycles. The Morgan fingerprint density at radius 3 is 2.00 bits per heavy atom. The molecule has 0 spiro atoms. The van der Waals surface area contributed by atoms with Gasteiger partial charge in [0, 0.05) is 12.1 Å². The Labute approximate surface area is 96.0 Å². The Hall–Kier alpha value is -0.0400. The van der Waals surface area contributed by atoms with E-state index < -0.39 is 0 Å². The molecule has 0 bridgehead atoms. The molecule has 1 unspecified atom stereocenters. The molecule has 1 aliphatic carbocycles. The summed E-state index contributed by atoms with van der Waals surface area (Å²) in [7, 11) is 0. The Morgan fingerprint density at radius 2 is 1.60 bits per heavy atom. The quantitative estimate of drug-likeness (QED) is 0.704. The highest BCUT2D eigenvalue weighted by Gasteiger charge is 2.32. The van der Waals surface area contributed by atoms with Gasteiger partial charge >= 0.3 is 0 Å². The lowest BCUT2D eigenvalue weighted by Crippen LogP contribution is -2.48. The molecule has 1 aliphatic rings. The highest BCUT2D eigenvalue weighted by molar-refractivity contribution is 4.88. The van der Waals surface area contributed by atoms with E-state index in [0.29, 0.717) is 6.04 Å². The molecule has 1 rings (SSSR count). The molecule has 0 aliphatic heterocycles. The lowest BCUT2D eigenvalue weighted by Gasteiger charge is -2.41. The zero-order valence-corrected chi connectivity index (χ0v) is 11.2. The summed E-state index contributed by atoms with van der Waals surface area (Å²) in [6, 6.07) is 1.52. The van der Waals surface area contributed by atoms with Gasteiger partial charge in [-0.2, -0.15) is 0 Å². The molecule has 15 heavy (non-hydrogen) atoms. The van der Waals surface area contributed by atoms with Gasteiger partial charge < -0.3 is 5.32 Å². The van der Waals surface area contributed by atoms with Crippen LogP contribution in [-0.4, -0.2) is 12.1 Å². The first-order chi connectivity index (χ1) is 7.08. The topological polar surface area (TPSA) is 12.0 Å². The fraction of sp³-hybridized carbons (Fsp3) is 1.00. The van der Waals surface area contributed by atoms with E-state index >= 15 is 0 Å². The van der Waals surface area contributed by atoms with Crippen molar-refractivity contribution in [2.24, 2.45) is 17.8 Å². The molecular weight excluding hydrogens is 182 g/mol. The van der Waals surface area contributed by atoms with Gasteiger partial charge in [-0.15, -0.1) is 0 Å². The molecule has 0 amide bonds. The smallest absolute Gasteiger partial charge is 0.00751 e. The van der Waals surface area contributed by atoms with Crippen LogP contribution in [0, 0.1) is 17.8 Å². The minimum absolute atomic E-state index is 0.707. The van der Waals surface area contributed by atoms with E-state index in [2.05, 4.69) is 39.9 Å². The molecular formula is C14H29N. The van der Waals surface area contributed by atoms with Crippen molar-refractivity contribution in [3.63, 3.8) is 0 Å². The normalized spacial score (nSPS) is 28.2. The monoisotopic (exact) mass is 211 g/mol. The second-order valence-electron chi connectivity index (χ2n) is 5.70. The first kappa shape index (κ1) is 13.0. The van der Waals surface area contributed by atoms with E-state index in [1.165, 1.54) is 25.7 Å². The molecule has 1 nitrogen and oxygen atoms in total. The number of nitrogens with one attached hydrogen (secondary N) is 1. The minimum atomic E-state index is 0.707. The maximum Gasteiger partial charge on any atom is 0.00751 e. The van der Waals surface area contributed by atoms with Crippen molar-refractivity contribution in [3.8, 4) is 0 Å². The van der Waals surface area contributed by atoms with Gasteiger partial charge in [-0.3, -0.25) is 0 Å². The summed E-state index contributed by atoms with van der Waals surface area (Å²) in [5.74, 6) is 2.73. The van der Waals surface area contributed by atoms with Crippen molar-refractivity contribution in [3.05, 3.63) is 0 Å². The van der Waals surface area contributed by atoms with Crippen molar-refractivity contribution in [2.45, 2.75) is 72.4 Å². The highest BCUT2D eigenvalue weighted by Crippen LogP contribution is 2.34. The van der Waals surface area contributed by atoms with Crippen LogP contribution in [0.15, 0.2) is 0 Å². The Balaban J connectivity index is 2.20. The van der Waals surface area contributed by atoms with Crippen LogP contribution in [0.25, 0.3) is 0 Å². The van der Waals surface area contributed by atoms with Gasteiger partial charge in [0.05, 0.1) is 0 Å².